The van der Waals surface area contributed by atoms with Gasteiger partial charge in [-0.1, -0.05) is 97.1 Å². The lowest BCUT2D eigenvalue weighted by atomic mass is 9.93. The summed E-state index contributed by atoms with van der Waals surface area (Å²) < 4.78 is 2.54. The van der Waals surface area contributed by atoms with Crippen molar-refractivity contribution in [3.05, 3.63) is 219 Å². The smallest absolute Gasteiger partial charge is 0.0462 e. The maximum absolute atomic E-state index is 4.63. The Morgan fingerprint density at radius 2 is 0.627 bits per heavy atom. The highest BCUT2D eigenvalue weighted by molar-refractivity contribution is 7.27. The number of pyridine rings is 2. The van der Waals surface area contributed by atoms with Gasteiger partial charge in [0.15, 0.2) is 0 Å². The first kappa shape index (κ1) is 34.6. The molecule has 8 aromatic carbocycles. The molecule has 3 aromatic heterocycles. The highest BCUT2D eigenvalue weighted by Crippen LogP contribution is 2.47. The third-order valence-corrected chi connectivity index (χ3v) is 12.5. The lowest BCUT2D eigenvalue weighted by Crippen LogP contribution is -2.09. The molecule has 0 aliphatic carbocycles. The summed E-state index contributed by atoms with van der Waals surface area (Å²) >= 11 is 1.86. The van der Waals surface area contributed by atoms with Crippen LogP contribution in [-0.2, 0) is 0 Å². The fraction of sp³-hybridized carbons (Fsp3) is 0. The average molecular weight is 773 g/mol. The number of hydrogen-bond donors (Lipinski definition) is 0. The van der Waals surface area contributed by atoms with Crippen molar-refractivity contribution >= 4 is 87.2 Å². The predicted molar refractivity (Wildman–Crippen MR) is 250 cm³/mol. The van der Waals surface area contributed by atoms with E-state index in [4.69, 9.17) is 0 Å². The van der Waals surface area contributed by atoms with Gasteiger partial charge in [-0.15, -0.1) is 11.3 Å². The van der Waals surface area contributed by atoms with Gasteiger partial charge in [0.25, 0.3) is 0 Å². The van der Waals surface area contributed by atoms with Gasteiger partial charge in [-0.25, -0.2) is 0 Å². The van der Waals surface area contributed by atoms with Crippen molar-refractivity contribution in [2.45, 2.75) is 0 Å². The minimum Gasteiger partial charge on any atom is -0.311 e. The topological polar surface area (TPSA) is 32.3 Å². The van der Waals surface area contributed by atoms with Crippen molar-refractivity contribution in [2.24, 2.45) is 0 Å². The van der Waals surface area contributed by atoms with Crippen molar-refractivity contribution in [1.29, 1.82) is 0 Å². The minimum absolute atomic E-state index is 1.10. The van der Waals surface area contributed by atoms with Crippen molar-refractivity contribution in [3.8, 4) is 22.3 Å². The van der Waals surface area contributed by atoms with Gasteiger partial charge in [-0.05, 0) is 119 Å². The van der Waals surface area contributed by atoms with Gasteiger partial charge in [-0.2, -0.15) is 0 Å². The van der Waals surface area contributed by atoms with Gasteiger partial charge in [-0.3, -0.25) is 9.97 Å². The third kappa shape index (κ3) is 6.16. The van der Waals surface area contributed by atoms with E-state index in [1.165, 1.54) is 42.1 Å². The van der Waals surface area contributed by atoms with Crippen LogP contribution >= 0.6 is 11.3 Å². The standard InChI is InChI=1S/C54H36N4S/c1-5-13-39(14-6-1)57(40-15-7-2-8-16-40)43-25-21-37(22-26-43)47-33-49-50-34-48(52-36-56-32-30-46(52)54(50)59-53(49)45-29-31-55-35-51(45)47)38-23-27-44(28-24-38)58(41-17-9-3-10-18-41)42-19-11-4-12-20-42/h1-36H. The quantitative estimate of drug-likeness (QED) is 0.154. The number of anilines is 6. The number of benzene rings is 8. The molecule has 59 heavy (non-hydrogen) atoms. The number of aromatic nitrogens is 2. The number of nitrogens with zero attached hydrogens (tertiary/aromatic N) is 4. The molecule has 0 radical (unpaired) electrons. The van der Waals surface area contributed by atoms with E-state index >= 15 is 0 Å². The zero-order chi connectivity index (χ0) is 39.1. The van der Waals surface area contributed by atoms with Crippen LogP contribution in [0.15, 0.2) is 219 Å². The summed E-state index contributed by atoms with van der Waals surface area (Å²) in [6, 6.07) is 69.2. The molecule has 0 fully saturated rings. The molecule has 278 valence electrons. The van der Waals surface area contributed by atoms with Crippen LogP contribution in [0, 0.1) is 0 Å². The summed E-state index contributed by atoms with van der Waals surface area (Å²) in [5.41, 5.74) is 11.3. The Labute approximate surface area is 346 Å². The molecule has 5 heteroatoms. The van der Waals surface area contributed by atoms with Gasteiger partial charge in [0.1, 0.15) is 0 Å². The van der Waals surface area contributed by atoms with E-state index in [1.807, 2.05) is 36.1 Å². The van der Waals surface area contributed by atoms with Crippen LogP contribution in [0.1, 0.15) is 0 Å². The summed E-state index contributed by atoms with van der Waals surface area (Å²) in [4.78, 5) is 13.9. The summed E-state index contributed by atoms with van der Waals surface area (Å²) in [7, 11) is 0. The lowest BCUT2D eigenvalue weighted by Gasteiger charge is -2.25. The molecular formula is C54H36N4S. The van der Waals surface area contributed by atoms with Crippen LogP contribution in [0.4, 0.5) is 34.1 Å². The van der Waals surface area contributed by atoms with Gasteiger partial charge in [0.2, 0.25) is 0 Å². The van der Waals surface area contributed by atoms with E-state index in [9.17, 15) is 0 Å². The maximum atomic E-state index is 4.63. The van der Waals surface area contributed by atoms with Gasteiger partial charge in [0.05, 0.1) is 0 Å². The highest BCUT2D eigenvalue weighted by atomic mass is 32.1. The lowest BCUT2D eigenvalue weighted by molar-refractivity contribution is 1.28. The van der Waals surface area contributed by atoms with Crippen LogP contribution in [0.25, 0.3) is 64.0 Å². The number of thiophene rings is 1. The zero-order valence-corrected chi connectivity index (χ0v) is 32.8. The molecule has 0 saturated carbocycles. The summed E-state index contributed by atoms with van der Waals surface area (Å²) in [6.45, 7) is 0. The van der Waals surface area contributed by atoms with E-state index < -0.39 is 0 Å². The molecule has 0 spiro atoms. The van der Waals surface area contributed by atoms with Crippen molar-refractivity contribution < 1.29 is 0 Å². The van der Waals surface area contributed by atoms with Crippen LogP contribution in [0.3, 0.4) is 0 Å². The van der Waals surface area contributed by atoms with E-state index in [1.54, 1.807) is 0 Å². The summed E-state index contributed by atoms with van der Waals surface area (Å²) in [5.74, 6) is 0. The van der Waals surface area contributed by atoms with Crippen molar-refractivity contribution in [3.63, 3.8) is 0 Å². The van der Waals surface area contributed by atoms with Crippen molar-refractivity contribution in [2.75, 3.05) is 9.80 Å². The van der Waals surface area contributed by atoms with E-state index in [-0.39, 0.29) is 0 Å². The fourth-order valence-electron chi connectivity index (χ4n) is 8.46. The molecule has 0 atom stereocenters. The van der Waals surface area contributed by atoms with Crippen LogP contribution in [0.5, 0.6) is 0 Å². The van der Waals surface area contributed by atoms with Gasteiger partial charge in [0, 0.05) is 101 Å². The fourth-order valence-corrected chi connectivity index (χ4v) is 9.80. The number of fused-ring (bicyclic) bond motifs is 7. The molecule has 0 aliphatic rings. The highest BCUT2D eigenvalue weighted by Gasteiger charge is 2.19. The molecule has 0 unspecified atom stereocenters. The second kappa shape index (κ2) is 14.7. The normalized spacial score (nSPS) is 11.4. The van der Waals surface area contributed by atoms with E-state index in [2.05, 4.69) is 214 Å². The zero-order valence-electron chi connectivity index (χ0n) is 32.0. The Balaban J connectivity index is 1.05. The van der Waals surface area contributed by atoms with Crippen molar-refractivity contribution in [1.82, 2.24) is 9.97 Å². The molecule has 3 heterocycles. The first-order valence-corrected chi connectivity index (χ1v) is 20.6. The number of rotatable bonds is 8. The Morgan fingerprint density at radius 1 is 0.305 bits per heavy atom. The number of hydrogen-bond acceptors (Lipinski definition) is 5. The molecule has 11 aromatic rings. The SMILES string of the molecule is c1ccc(N(c2ccccc2)c2ccc(-c3cc4c5cc(-c6ccc(N(c7ccccc7)c7ccccc7)cc6)c6cnccc6c5sc4c4ccncc34)cc2)cc1. The maximum Gasteiger partial charge on any atom is 0.0462 e. The second-order valence-corrected chi connectivity index (χ2v) is 15.7. The number of para-hydroxylation sites is 4. The Morgan fingerprint density at radius 3 is 0.966 bits per heavy atom. The molecule has 0 aliphatic heterocycles. The predicted octanol–water partition coefficient (Wildman–Crippen LogP) is 15.4. The molecule has 11 rings (SSSR count). The molecule has 0 bridgehead atoms. The van der Waals surface area contributed by atoms with Crippen LogP contribution in [-0.4, -0.2) is 9.97 Å². The minimum atomic E-state index is 1.10. The van der Waals surface area contributed by atoms with Crippen LogP contribution < -0.4 is 9.80 Å². The van der Waals surface area contributed by atoms with Crippen LogP contribution in [0.2, 0.25) is 0 Å². The van der Waals surface area contributed by atoms with Gasteiger partial charge < -0.3 is 9.80 Å². The van der Waals surface area contributed by atoms with Gasteiger partial charge >= 0.3 is 0 Å². The average Bonchev–Trinajstić information content (AvgIpc) is 3.70. The summed E-state index contributed by atoms with van der Waals surface area (Å²) in [5, 5.41) is 7.20. The Hall–Kier alpha value is -7.60. The molecule has 4 nitrogen and oxygen atoms in total. The second-order valence-electron chi connectivity index (χ2n) is 14.7. The molecular weight excluding hydrogens is 737 g/mol. The molecule has 0 amide bonds. The Kier molecular flexibility index (Phi) is 8.64. The monoisotopic (exact) mass is 772 g/mol. The molecule has 0 N–H and O–H groups in total. The Bertz CT molecular complexity index is 2940. The largest absolute Gasteiger partial charge is 0.311 e. The molecule has 0 saturated heterocycles. The first-order chi connectivity index (χ1) is 29.3. The van der Waals surface area contributed by atoms with E-state index in [0.29, 0.717) is 0 Å². The first-order valence-electron chi connectivity index (χ1n) is 19.8. The summed E-state index contributed by atoms with van der Waals surface area (Å²) in [6.07, 6.45) is 7.87. The van der Waals surface area contributed by atoms with E-state index in [0.717, 1.165) is 56.0 Å². The third-order valence-electron chi connectivity index (χ3n) is 11.2.